The summed E-state index contributed by atoms with van der Waals surface area (Å²) in [6, 6.07) is 8.03. The summed E-state index contributed by atoms with van der Waals surface area (Å²) in [7, 11) is 0. The third kappa shape index (κ3) is 5.58. The summed E-state index contributed by atoms with van der Waals surface area (Å²) in [6.45, 7) is 8.34. The first-order valence-electron chi connectivity index (χ1n) is 6.40. The lowest BCUT2D eigenvalue weighted by Gasteiger charge is -2.16. The van der Waals surface area contributed by atoms with E-state index in [1.807, 2.05) is 26.0 Å². The van der Waals surface area contributed by atoms with E-state index in [2.05, 4.69) is 43.9 Å². The highest BCUT2D eigenvalue weighted by Crippen LogP contribution is 2.20. The number of carbonyl (C=O) groups excluding carboxylic acids is 1. The number of benzene rings is 1. The van der Waals surface area contributed by atoms with E-state index in [1.54, 1.807) is 0 Å². The monoisotopic (exact) mass is 265 g/mol. The Morgan fingerprint density at radius 1 is 1.28 bits per heavy atom. The zero-order valence-corrected chi connectivity index (χ0v) is 12.6. The molecule has 0 aliphatic carbocycles. The van der Waals surface area contributed by atoms with Crippen molar-refractivity contribution in [2.45, 2.75) is 51.2 Å². The molecule has 0 saturated heterocycles. The summed E-state index contributed by atoms with van der Waals surface area (Å²) >= 11 is 4.41. The fourth-order valence-corrected chi connectivity index (χ4v) is 1.71. The molecule has 0 saturated carbocycles. The SMILES string of the molecule is CC(C)c1ccc(NC(=O)CCC(C)(C)S)cc1. The molecule has 0 fully saturated rings. The summed E-state index contributed by atoms with van der Waals surface area (Å²) in [5.41, 5.74) is 2.14. The number of rotatable bonds is 5. The molecule has 0 heterocycles. The molecule has 0 atom stereocenters. The van der Waals surface area contributed by atoms with Crippen molar-refractivity contribution in [1.29, 1.82) is 0 Å². The van der Waals surface area contributed by atoms with E-state index in [0.717, 1.165) is 12.1 Å². The summed E-state index contributed by atoms with van der Waals surface area (Å²) in [5.74, 6) is 0.564. The number of hydrogen-bond acceptors (Lipinski definition) is 2. The molecule has 100 valence electrons. The van der Waals surface area contributed by atoms with Crippen LogP contribution in [0.25, 0.3) is 0 Å². The van der Waals surface area contributed by atoms with Gasteiger partial charge in [-0.05, 0) is 30.0 Å². The maximum atomic E-state index is 11.7. The Morgan fingerprint density at radius 3 is 2.28 bits per heavy atom. The molecule has 0 unspecified atom stereocenters. The highest BCUT2D eigenvalue weighted by molar-refractivity contribution is 7.81. The second-order valence-corrected chi connectivity index (χ2v) is 6.85. The average Bonchev–Trinajstić information content (AvgIpc) is 2.26. The molecule has 0 spiro atoms. The minimum absolute atomic E-state index is 0.0504. The van der Waals surface area contributed by atoms with Gasteiger partial charge in [0.15, 0.2) is 0 Å². The number of nitrogens with one attached hydrogen (secondary N) is 1. The number of amides is 1. The molecule has 18 heavy (non-hydrogen) atoms. The summed E-state index contributed by atoms with van der Waals surface area (Å²) in [4.78, 5) is 11.7. The molecule has 3 heteroatoms. The van der Waals surface area contributed by atoms with Gasteiger partial charge >= 0.3 is 0 Å². The highest BCUT2D eigenvalue weighted by atomic mass is 32.1. The lowest BCUT2D eigenvalue weighted by atomic mass is 10.0. The first-order valence-corrected chi connectivity index (χ1v) is 6.85. The van der Waals surface area contributed by atoms with Gasteiger partial charge < -0.3 is 5.32 Å². The molecule has 1 aromatic rings. The van der Waals surface area contributed by atoms with Gasteiger partial charge in [-0.15, -0.1) is 0 Å². The quantitative estimate of drug-likeness (QED) is 0.766. The van der Waals surface area contributed by atoms with Crippen LogP contribution in [0, 0.1) is 0 Å². The molecule has 1 rings (SSSR count). The van der Waals surface area contributed by atoms with Gasteiger partial charge in [0.05, 0.1) is 0 Å². The van der Waals surface area contributed by atoms with E-state index < -0.39 is 0 Å². The van der Waals surface area contributed by atoms with Crippen molar-refractivity contribution >= 4 is 24.2 Å². The largest absolute Gasteiger partial charge is 0.326 e. The van der Waals surface area contributed by atoms with Gasteiger partial charge in [-0.1, -0.05) is 39.8 Å². The first kappa shape index (κ1) is 15.1. The van der Waals surface area contributed by atoms with Crippen LogP contribution in [-0.4, -0.2) is 10.7 Å². The summed E-state index contributed by atoms with van der Waals surface area (Å²) in [6.07, 6.45) is 1.27. The van der Waals surface area contributed by atoms with Crippen molar-refractivity contribution in [2.75, 3.05) is 5.32 Å². The van der Waals surface area contributed by atoms with E-state index in [4.69, 9.17) is 0 Å². The predicted octanol–water partition coefficient (Wildman–Crippen LogP) is 4.24. The van der Waals surface area contributed by atoms with Gasteiger partial charge in [0.1, 0.15) is 0 Å². The zero-order chi connectivity index (χ0) is 13.8. The van der Waals surface area contributed by atoms with Crippen molar-refractivity contribution in [1.82, 2.24) is 0 Å². The van der Waals surface area contributed by atoms with Crippen molar-refractivity contribution in [3.8, 4) is 0 Å². The minimum atomic E-state index is -0.0984. The second kappa shape index (κ2) is 6.28. The van der Waals surface area contributed by atoms with Crippen LogP contribution in [0.4, 0.5) is 5.69 Å². The van der Waals surface area contributed by atoms with Gasteiger partial charge in [0.25, 0.3) is 0 Å². The second-order valence-electron chi connectivity index (χ2n) is 5.64. The Labute approximate surface area is 116 Å². The third-order valence-corrected chi connectivity index (χ3v) is 3.05. The Bertz CT molecular complexity index is 390. The van der Waals surface area contributed by atoms with Crippen molar-refractivity contribution in [3.63, 3.8) is 0 Å². The molecular formula is C15H23NOS. The molecule has 0 aromatic heterocycles. The van der Waals surface area contributed by atoms with Crippen LogP contribution in [0.1, 0.15) is 52.0 Å². The van der Waals surface area contributed by atoms with Crippen LogP contribution in [0.2, 0.25) is 0 Å². The Balaban J connectivity index is 2.50. The summed E-state index contributed by atoms with van der Waals surface area (Å²) in [5, 5.41) is 2.91. The van der Waals surface area contributed by atoms with Crippen LogP contribution in [0.3, 0.4) is 0 Å². The fourth-order valence-electron chi connectivity index (χ4n) is 1.59. The van der Waals surface area contributed by atoms with E-state index >= 15 is 0 Å². The Kier molecular flexibility index (Phi) is 5.27. The van der Waals surface area contributed by atoms with Crippen LogP contribution < -0.4 is 5.32 Å². The molecule has 2 nitrogen and oxygen atoms in total. The first-order chi connectivity index (χ1) is 8.28. The number of thiol groups is 1. The molecule has 1 N–H and O–H groups in total. The van der Waals surface area contributed by atoms with Crippen molar-refractivity contribution < 1.29 is 4.79 Å². The van der Waals surface area contributed by atoms with Gasteiger partial charge in [-0.3, -0.25) is 4.79 Å². The van der Waals surface area contributed by atoms with E-state index in [9.17, 15) is 4.79 Å². The minimum Gasteiger partial charge on any atom is -0.326 e. The van der Waals surface area contributed by atoms with Gasteiger partial charge in [-0.2, -0.15) is 12.6 Å². The zero-order valence-electron chi connectivity index (χ0n) is 11.7. The molecule has 1 amide bonds. The topological polar surface area (TPSA) is 29.1 Å². The average molecular weight is 265 g/mol. The van der Waals surface area contributed by atoms with Crippen LogP contribution in [0.15, 0.2) is 24.3 Å². The smallest absolute Gasteiger partial charge is 0.224 e. The van der Waals surface area contributed by atoms with E-state index in [-0.39, 0.29) is 10.7 Å². The van der Waals surface area contributed by atoms with Crippen LogP contribution in [0.5, 0.6) is 0 Å². The third-order valence-electron chi connectivity index (χ3n) is 2.82. The fraction of sp³-hybridized carbons (Fsp3) is 0.533. The van der Waals surface area contributed by atoms with Crippen LogP contribution in [-0.2, 0) is 4.79 Å². The molecular weight excluding hydrogens is 242 g/mol. The maximum Gasteiger partial charge on any atom is 0.224 e. The number of hydrogen-bond donors (Lipinski definition) is 2. The molecule has 0 aliphatic heterocycles. The van der Waals surface area contributed by atoms with Crippen molar-refractivity contribution in [2.24, 2.45) is 0 Å². The standard InChI is InChI=1S/C15H23NOS/c1-11(2)12-5-7-13(8-6-12)16-14(17)9-10-15(3,4)18/h5-8,11,18H,9-10H2,1-4H3,(H,16,17). The highest BCUT2D eigenvalue weighted by Gasteiger charge is 2.13. The van der Waals surface area contributed by atoms with E-state index in [1.165, 1.54) is 5.56 Å². The molecule has 0 radical (unpaired) electrons. The Hall–Kier alpha value is -0.960. The van der Waals surface area contributed by atoms with Crippen molar-refractivity contribution in [3.05, 3.63) is 29.8 Å². The molecule has 1 aromatic carbocycles. The predicted molar refractivity (Wildman–Crippen MR) is 81.5 cm³/mol. The van der Waals surface area contributed by atoms with Crippen LogP contribution >= 0.6 is 12.6 Å². The lowest BCUT2D eigenvalue weighted by molar-refractivity contribution is -0.116. The lowest BCUT2D eigenvalue weighted by Crippen LogP contribution is -2.17. The Morgan fingerprint density at radius 2 is 1.83 bits per heavy atom. The maximum absolute atomic E-state index is 11.7. The van der Waals surface area contributed by atoms with Gasteiger partial charge in [-0.25, -0.2) is 0 Å². The number of anilines is 1. The van der Waals surface area contributed by atoms with E-state index in [0.29, 0.717) is 12.3 Å². The normalized spacial score (nSPS) is 11.7. The summed E-state index contributed by atoms with van der Waals surface area (Å²) < 4.78 is -0.0984. The van der Waals surface area contributed by atoms with Gasteiger partial charge in [0.2, 0.25) is 5.91 Å². The molecule has 0 aliphatic rings. The molecule has 0 bridgehead atoms. The number of carbonyl (C=O) groups is 1. The van der Waals surface area contributed by atoms with Gasteiger partial charge in [0, 0.05) is 16.9 Å².